The number of nitrogens with zero attached hydrogens (tertiary/aromatic N) is 1. The molecule has 0 amide bonds. The molecule has 3 nitrogen and oxygen atoms in total. The number of halogens is 2. The molecular formula is C14H15ClIN3. The molecule has 3 N–H and O–H groups in total. The van der Waals surface area contributed by atoms with E-state index in [0.29, 0.717) is 17.5 Å². The van der Waals surface area contributed by atoms with Gasteiger partial charge in [0.2, 0.25) is 0 Å². The average Bonchev–Trinajstić information content (AvgIpc) is 2.39. The van der Waals surface area contributed by atoms with E-state index in [0.717, 1.165) is 11.3 Å². The topological polar surface area (TPSA) is 50.4 Å². The second-order valence-electron chi connectivity index (χ2n) is 3.78. The number of rotatable bonds is 3. The van der Waals surface area contributed by atoms with Crippen LogP contribution in [0.15, 0.2) is 59.6 Å². The van der Waals surface area contributed by atoms with E-state index in [9.17, 15) is 0 Å². The van der Waals surface area contributed by atoms with Crippen molar-refractivity contribution in [3.63, 3.8) is 0 Å². The Bertz CT molecular complexity index is 543. The van der Waals surface area contributed by atoms with E-state index < -0.39 is 0 Å². The maximum absolute atomic E-state index is 6.04. The van der Waals surface area contributed by atoms with Crippen molar-refractivity contribution in [2.24, 2.45) is 10.7 Å². The summed E-state index contributed by atoms with van der Waals surface area (Å²) in [5.41, 5.74) is 7.67. The molecule has 2 aromatic carbocycles. The Labute approximate surface area is 134 Å². The Balaban J connectivity index is 0.00000180. The zero-order valence-corrected chi connectivity index (χ0v) is 13.3. The molecule has 2 aromatic rings. The number of hydrogen-bond donors (Lipinski definition) is 2. The Morgan fingerprint density at radius 3 is 2.37 bits per heavy atom. The Kier molecular flexibility index (Phi) is 6.66. The van der Waals surface area contributed by atoms with Crippen LogP contribution in [0.1, 0.15) is 5.56 Å². The summed E-state index contributed by atoms with van der Waals surface area (Å²) in [6.45, 7) is 0.464. The lowest BCUT2D eigenvalue weighted by molar-refractivity contribution is 1.06. The minimum atomic E-state index is 0. The van der Waals surface area contributed by atoms with Crippen LogP contribution in [0.25, 0.3) is 0 Å². The van der Waals surface area contributed by atoms with Crippen molar-refractivity contribution in [3.8, 4) is 0 Å². The molecule has 0 fully saturated rings. The van der Waals surface area contributed by atoms with E-state index in [2.05, 4.69) is 10.3 Å². The quantitative estimate of drug-likeness (QED) is 0.477. The van der Waals surface area contributed by atoms with Crippen LogP contribution in [-0.4, -0.2) is 5.96 Å². The highest BCUT2D eigenvalue weighted by Crippen LogP contribution is 2.15. The summed E-state index contributed by atoms with van der Waals surface area (Å²) in [7, 11) is 0. The number of aliphatic imine (C=N–C) groups is 1. The van der Waals surface area contributed by atoms with Gasteiger partial charge >= 0.3 is 0 Å². The van der Waals surface area contributed by atoms with Crippen LogP contribution >= 0.6 is 35.6 Å². The molecule has 0 spiro atoms. The second kappa shape index (κ2) is 8.01. The van der Waals surface area contributed by atoms with Crippen LogP contribution in [0.4, 0.5) is 5.69 Å². The monoisotopic (exact) mass is 387 g/mol. The second-order valence-corrected chi connectivity index (χ2v) is 4.19. The highest BCUT2D eigenvalue weighted by Gasteiger charge is 1.98. The van der Waals surface area contributed by atoms with Crippen LogP contribution in [0.2, 0.25) is 5.02 Å². The van der Waals surface area contributed by atoms with E-state index in [1.807, 2.05) is 54.6 Å². The SMILES string of the molecule is I.NC(=NCc1ccccc1Cl)Nc1ccccc1. The Morgan fingerprint density at radius 1 is 1.05 bits per heavy atom. The third-order valence-corrected chi connectivity index (χ3v) is 2.79. The third kappa shape index (κ3) is 5.08. The first-order valence-corrected chi connectivity index (χ1v) is 5.99. The number of para-hydroxylation sites is 1. The van der Waals surface area contributed by atoms with Gasteiger partial charge in [-0.25, -0.2) is 4.99 Å². The molecule has 0 aliphatic carbocycles. The fourth-order valence-corrected chi connectivity index (χ4v) is 1.70. The highest BCUT2D eigenvalue weighted by atomic mass is 127. The van der Waals surface area contributed by atoms with Gasteiger partial charge in [-0.05, 0) is 23.8 Å². The van der Waals surface area contributed by atoms with Gasteiger partial charge in [0.05, 0.1) is 6.54 Å². The van der Waals surface area contributed by atoms with E-state index in [1.54, 1.807) is 0 Å². The van der Waals surface area contributed by atoms with Gasteiger partial charge in [0.25, 0.3) is 0 Å². The van der Waals surface area contributed by atoms with Crippen molar-refractivity contribution in [1.29, 1.82) is 0 Å². The van der Waals surface area contributed by atoms with Gasteiger partial charge < -0.3 is 11.1 Å². The molecule has 0 saturated carbocycles. The summed E-state index contributed by atoms with van der Waals surface area (Å²) in [5, 5.41) is 3.72. The molecule has 2 rings (SSSR count). The lowest BCUT2D eigenvalue weighted by Crippen LogP contribution is -2.22. The van der Waals surface area contributed by atoms with Crippen molar-refractivity contribution in [1.82, 2.24) is 0 Å². The normalized spacial score (nSPS) is 10.7. The molecule has 100 valence electrons. The first kappa shape index (κ1) is 15.8. The summed E-state index contributed by atoms with van der Waals surface area (Å²) >= 11 is 6.04. The van der Waals surface area contributed by atoms with E-state index >= 15 is 0 Å². The predicted molar refractivity (Wildman–Crippen MR) is 92.3 cm³/mol. The summed E-state index contributed by atoms with van der Waals surface area (Å²) in [4.78, 5) is 4.25. The molecule has 0 bridgehead atoms. The molecule has 0 aliphatic heterocycles. The van der Waals surface area contributed by atoms with Gasteiger partial charge in [-0.1, -0.05) is 48.0 Å². The number of nitrogens with one attached hydrogen (secondary N) is 1. The molecule has 0 radical (unpaired) electrons. The van der Waals surface area contributed by atoms with Crippen molar-refractivity contribution in [2.75, 3.05) is 5.32 Å². The van der Waals surface area contributed by atoms with Crippen LogP contribution in [0.5, 0.6) is 0 Å². The smallest absolute Gasteiger partial charge is 0.193 e. The molecular weight excluding hydrogens is 373 g/mol. The van der Waals surface area contributed by atoms with Gasteiger partial charge in [-0.2, -0.15) is 0 Å². The molecule has 0 saturated heterocycles. The van der Waals surface area contributed by atoms with Crippen molar-refractivity contribution < 1.29 is 0 Å². The Morgan fingerprint density at radius 2 is 1.68 bits per heavy atom. The summed E-state index contributed by atoms with van der Waals surface area (Å²) < 4.78 is 0. The molecule has 19 heavy (non-hydrogen) atoms. The molecule has 0 atom stereocenters. The highest BCUT2D eigenvalue weighted by molar-refractivity contribution is 14.0. The molecule has 5 heteroatoms. The minimum Gasteiger partial charge on any atom is -0.370 e. The van der Waals surface area contributed by atoms with Gasteiger partial charge in [-0.15, -0.1) is 24.0 Å². The van der Waals surface area contributed by atoms with Gasteiger partial charge in [0, 0.05) is 10.7 Å². The number of guanidine groups is 1. The molecule has 0 aromatic heterocycles. The number of nitrogens with two attached hydrogens (primary N) is 1. The predicted octanol–water partition coefficient (Wildman–Crippen LogP) is 3.88. The van der Waals surface area contributed by atoms with Crippen LogP contribution in [0, 0.1) is 0 Å². The Hall–Kier alpha value is -1.27. The number of anilines is 1. The van der Waals surface area contributed by atoms with Crippen LogP contribution in [-0.2, 0) is 6.54 Å². The van der Waals surface area contributed by atoms with Crippen LogP contribution < -0.4 is 11.1 Å². The average molecular weight is 388 g/mol. The van der Waals surface area contributed by atoms with E-state index in [4.69, 9.17) is 17.3 Å². The van der Waals surface area contributed by atoms with Crippen molar-refractivity contribution in [3.05, 3.63) is 65.2 Å². The maximum Gasteiger partial charge on any atom is 0.193 e. The number of hydrogen-bond acceptors (Lipinski definition) is 1. The lowest BCUT2D eigenvalue weighted by Gasteiger charge is -2.05. The summed E-state index contributed by atoms with van der Waals surface area (Å²) in [6.07, 6.45) is 0. The molecule has 0 aliphatic rings. The van der Waals surface area contributed by atoms with E-state index in [-0.39, 0.29) is 24.0 Å². The molecule has 0 heterocycles. The molecule has 0 unspecified atom stereocenters. The van der Waals surface area contributed by atoms with Crippen molar-refractivity contribution >= 4 is 47.2 Å². The number of benzene rings is 2. The van der Waals surface area contributed by atoms with Gasteiger partial charge in [0.15, 0.2) is 5.96 Å². The zero-order valence-electron chi connectivity index (χ0n) is 10.2. The fourth-order valence-electron chi connectivity index (χ4n) is 1.51. The first-order valence-electron chi connectivity index (χ1n) is 5.61. The summed E-state index contributed by atoms with van der Waals surface area (Å²) in [5.74, 6) is 0.376. The van der Waals surface area contributed by atoms with Gasteiger partial charge in [0.1, 0.15) is 0 Å². The van der Waals surface area contributed by atoms with Crippen molar-refractivity contribution in [2.45, 2.75) is 6.54 Å². The zero-order chi connectivity index (χ0) is 12.8. The summed E-state index contributed by atoms with van der Waals surface area (Å²) in [6, 6.07) is 17.3. The first-order chi connectivity index (χ1) is 8.75. The fraction of sp³-hybridized carbons (Fsp3) is 0.0714. The minimum absolute atomic E-state index is 0. The third-order valence-electron chi connectivity index (χ3n) is 2.42. The van der Waals surface area contributed by atoms with Gasteiger partial charge in [-0.3, -0.25) is 0 Å². The lowest BCUT2D eigenvalue weighted by atomic mass is 10.2. The maximum atomic E-state index is 6.04. The largest absolute Gasteiger partial charge is 0.370 e. The van der Waals surface area contributed by atoms with Crippen LogP contribution in [0.3, 0.4) is 0 Å². The van der Waals surface area contributed by atoms with E-state index in [1.165, 1.54) is 0 Å². The standard InChI is InChI=1S/C14H14ClN3.HI/c15-13-9-5-4-6-11(13)10-17-14(16)18-12-7-2-1-3-8-12;/h1-9H,10H2,(H3,16,17,18);1H.